The molecule has 0 amide bonds. The molecule has 48 heavy (non-hydrogen) atoms. The van der Waals surface area contributed by atoms with Crippen molar-refractivity contribution in [3.05, 3.63) is 11.6 Å². The van der Waals surface area contributed by atoms with Gasteiger partial charge in [0.25, 0.3) is 0 Å². The van der Waals surface area contributed by atoms with E-state index < -0.39 is 130 Å². The third-order valence-electron chi connectivity index (χ3n) is 9.46. The molecule has 18 nitrogen and oxygen atoms in total. The molecule has 18 heteroatoms. The largest absolute Gasteiger partial charge is 0.394 e. The normalized spacial score (nSPS) is 48.7. The van der Waals surface area contributed by atoms with Crippen molar-refractivity contribution in [3.63, 3.8) is 0 Å². The Labute approximate surface area is 278 Å². The number of rotatable bonds is 13. The van der Waals surface area contributed by atoms with Crippen molar-refractivity contribution in [1.82, 2.24) is 5.32 Å². The summed E-state index contributed by atoms with van der Waals surface area (Å²) >= 11 is 0. The molecular formula is C30H53NO17. The molecule has 3 saturated heterocycles. The van der Waals surface area contributed by atoms with Gasteiger partial charge in [-0.1, -0.05) is 26.3 Å². The highest BCUT2D eigenvalue weighted by Crippen LogP contribution is 2.33. The summed E-state index contributed by atoms with van der Waals surface area (Å²) in [6.07, 6.45) is -22.2. The summed E-state index contributed by atoms with van der Waals surface area (Å²) in [7, 11) is 0. The van der Waals surface area contributed by atoms with Crippen LogP contribution in [0.1, 0.15) is 40.0 Å². The van der Waals surface area contributed by atoms with E-state index in [0.717, 1.165) is 6.42 Å². The van der Waals surface area contributed by atoms with Gasteiger partial charge in [-0.15, -0.1) is 0 Å². The second-order valence-electron chi connectivity index (χ2n) is 12.8. The van der Waals surface area contributed by atoms with Gasteiger partial charge in [0, 0.05) is 6.61 Å². The van der Waals surface area contributed by atoms with Gasteiger partial charge in [-0.05, 0) is 25.3 Å². The number of aliphatic hydroxyl groups is 11. The van der Waals surface area contributed by atoms with E-state index in [2.05, 4.69) is 5.32 Å². The zero-order valence-corrected chi connectivity index (χ0v) is 27.2. The van der Waals surface area contributed by atoms with E-state index in [1.807, 2.05) is 6.92 Å². The maximum atomic E-state index is 11.0. The molecule has 0 radical (unpaired) electrons. The van der Waals surface area contributed by atoms with E-state index in [-0.39, 0.29) is 6.61 Å². The number of aliphatic hydroxyl groups excluding tert-OH is 11. The predicted molar refractivity (Wildman–Crippen MR) is 160 cm³/mol. The number of ether oxygens (including phenoxy) is 6. The molecule has 12 N–H and O–H groups in total. The average molecular weight is 700 g/mol. The Balaban J connectivity index is 1.40. The molecule has 19 unspecified atom stereocenters. The van der Waals surface area contributed by atoms with Gasteiger partial charge in [0.15, 0.2) is 18.9 Å². The first-order valence-electron chi connectivity index (χ1n) is 16.5. The van der Waals surface area contributed by atoms with Crippen LogP contribution in [0, 0.1) is 0 Å². The minimum Gasteiger partial charge on any atom is -0.394 e. The van der Waals surface area contributed by atoms with Crippen LogP contribution in [0.2, 0.25) is 0 Å². The second-order valence-corrected chi connectivity index (χ2v) is 12.8. The highest BCUT2D eigenvalue weighted by atomic mass is 16.8. The Bertz CT molecular complexity index is 1020. The van der Waals surface area contributed by atoms with E-state index in [9.17, 15) is 56.2 Å². The van der Waals surface area contributed by atoms with Gasteiger partial charge in [0.05, 0.1) is 31.4 Å². The van der Waals surface area contributed by atoms with Crippen molar-refractivity contribution in [3.8, 4) is 0 Å². The first-order chi connectivity index (χ1) is 22.8. The molecule has 3 heterocycles. The van der Waals surface area contributed by atoms with Gasteiger partial charge in [-0.2, -0.15) is 0 Å². The monoisotopic (exact) mass is 699 g/mol. The van der Waals surface area contributed by atoms with Crippen molar-refractivity contribution >= 4 is 0 Å². The van der Waals surface area contributed by atoms with Gasteiger partial charge in [0.1, 0.15) is 79.4 Å². The van der Waals surface area contributed by atoms with E-state index in [1.54, 1.807) is 13.0 Å². The van der Waals surface area contributed by atoms with Crippen molar-refractivity contribution in [1.29, 1.82) is 0 Å². The highest BCUT2D eigenvalue weighted by Gasteiger charge is 2.53. The molecule has 1 aliphatic carbocycles. The molecular weight excluding hydrogens is 646 g/mol. The molecule has 4 rings (SSSR count). The Morgan fingerprint density at radius 3 is 1.73 bits per heavy atom. The molecule has 0 bridgehead atoms. The SMILES string of the molecule is CCCCOC1OC(CO)C(OC2OC(CO)C(OC3OC(C)C(NC4C=C(CC)C(O)C(O)C4O)C(O)C3O)C(O)C2O)C(O)C1O. The third-order valence-corrected chi connectivity index (χ3v) is 9.46. The summed E-state index contributed by atoms with van der Waals surface area (Å²) in [4.78, 5) is 0. The Kier molecular flexibility index (Phi) is 14.5. The van der Waals surface area contributed by atoms with Crippen LogP contribution in [0.4, 0.5) is 0 Å². The smallest absolute Gasteiger partial charge is 0.187 e. The zero-order valence-electron chi connectivity index (χ0n) is 27.2. The Hall–Kier alpha value is -0.980. The van der Waals surface area contributed by atoms with Crippen molar-refractivity contribution in [2.24, 2.45) is 0 Å². The first-order valence-corrected chi connectivity index (χ1v) is 16.5. The van der Waals surface area contributed by atoms with E-state index in [4.69, 9.17) is 28.4 Å². The number of hydrogen-bond acceptors (Lipinski definition) is 18. The standard InChI is InChI=1S/C30H53NO17/c1-4-6-7-43-28-24(41)21(38)26(14(9-32)45-28)48-30-25(42)22(39)27(15(10-33)46-30)47-29-23(40)19(36)16(11(3)44-29)31-13-8-12(5-2)17(34)20(37)18(13)35/h8,11,13-42H,4-7,9-10H2,1-3H3. The van der Waals surface area contributed by atoms with Crippen LogP contribution in [0.3, 0.4) is 0 Å². The third kappa shape index (κ3) is 8.38. The second kappa shape index (κ2) is 17.5. The molecule has 0 spiro atoms. The van der Waals surface area contributed by atoms with Gasteiger partial charge in [0.2, 0.25) is 0 Å². The summed E-state index contributed by atoms with van der Waals surface area (Å²) in [5, 5.41) is 119. The van der Waals surface area contributed by atoms with Crippen molar-refractivity contribution < 1.29 is 84.6 Å². The van der Waals surface area contributed by atoms with Crippen LogP contribution < -0.4 is 5.32 Å². The van der Waals surface area contributed by atoms with Crippen molar-refractivity contribution in [2.45, 2.75) is 156 Å². The molecule has 0 aromatic rings. The van der Waals surface area contributed by atoms with E-state index in [1.165, 1.54) is 6.92 Å². The molecule has 19 atom stereocenters. The maximum absolute atomic E-state index is 11.0. The van der Waals surface area contributed by atoms with Crippen LogP contribution in [-0.2, 0) is 28.4 Å². The maximum Gasteiger partial charge on any atom is 0.187 e. The van der Waals surface area contributed by atoms with Crippen LogP contribution in [0.5, 0.6) is 0 Å². The Morgan fingerprint density at radius 2 is 1.19 bits per heavy atom. The fourth-order valence-corrected chi connectivity index (χ4v) is 6.46. The quantitative estimate of drug-likeness (QED) is 0.0631. The van der Waals surface area contributed by atoms with Gasteiger partial charge in [-0.25, -0.2) is 0 Å². The topological polar surface area (TPSA) is 290 Å². The number of hydrogen-bond donors (Lipinski definition) is 12. The summed E-state index contributed by atoms with van der Waals surface area (Å²) in [6, 6.07) is -1.91. The van der Waals surface area contributed by atoms with E-state index in [0.29, 0.717) is 18.4 Å². The minimum atomic E-state index is -1.88. The molecule has 4 aliphatic rings. The van der Waals surface area contributed by atoms with Crippen molar-refractivity contribution in [2.75, 3.05) is 19.8 Å². The number of unbranched alkanes of at least 4 members (excludes halogenated alkanes) is 1. The molecule has 280 valence electrons. The summed E-state index contributed by atoms with van der Waals surface area (Å²) in [6.45, 7) is 4.00. The van der Waals surface area contributed by atoms with Crippen LogP contribution in [0.25, 0.3) is 0 Å². The molecule has 0 saturated carbocycles. The van der Waals surface area contributed by atoms with Crippen LogP contribution in [0.15, 0.2) is 11.6 Å². The summed E-state index contributed by atoms with van der Waals surface area (Å²) in [5.74, 6) is 0. The lowest BCUT2D eigenvalue weighted by molar-refractivity contribution is -0.376. The lowest BCUT2D eigenvalue weighted by Crippen LogP contribution is -2.68. The van der Waals surface area contributed by atoms with Crippen LogP contribution in [-0.4, -0.2) is 192 Å². The molecule has 0 aromatic carbocycles. The number of nitrogens with one attached hydrogen (secondary N) is 1. The predicted octanol–water partition coefficient (Wildman–Crippen LogP) is -5.32. The van der Waals surface area contributed by atoms with Crippen LogP contribution >= 0.6 is 0 Å². The lowest BCUT2D eigenvalue weighted by Gasteiger charge is -2.49. The van der Waals surface area contributed by atoms with Gasteiger partial charge >= 0.3 is 0 Å². The van der Waals surface area contributed by atoms with Gasteiger partial charge < -0.3 is 89.9 Å². The lowest BCUT2D eigenvalue weighted by atomic mass is 9.85. The fraction of sp³-hybridized carbons (Fsp3) is 0.933. The minimum absolute atomic E-state index is 0.229. The van der Waals surface area contributed by atoms with Gasteiger partial charge in [-0.3, -0.25) is 0 Å². The fourth-order valence-electron chi connectivity index (χ4n) is 6.46. The zero-order chi connectivity index (χ0) is 35.4. The molecule has 0 aromatic heterocycles. The Morgan fingerprint density at radius 1 is 0.667 bits per heavy atom. The first kappa shape index (κ1) is 39.8. The summed E-state index contributed by atoms with van der Waals surface area (Å²) in [5.41, 5.74) is 0.474. The van der Waals surface area contributed by atoms with E-state index >= 15 is 0 Å². The molecule has 3 aliphatic heterocycles. The molecule has 3 fully saturated rings. The summed E-state index contributed by atoms with van der Waals surface area (Å²) < 4.78 is 34.0. The average Bonchev–Trinajstić information content (AvgIpc) is 3.07. The highest BCUT2D eigenvalue weighted by molar-refractivity contribution is 5.21.